The molecule has 20 heavy (non-hydrogen) atoms. The maximum Gasteiger partial charge on any atom is 0.417 e. The summed E-state index contributed by atoms with van der Waals surface area (Å²) in [5.74, 6) is 0. The second-order valence-electron chi connectivity index (χ2n) is 5.21. The third-order valence-corrected chi connectivity index (χ3v) is 4.56. The summed E-state index contributed by atoms with van der Waals surface area (Å²) >= 11 is 2.98. The summed E-state index contributed by atoms with van der Waals surface area (Å²) in [5, 5.41) is 3.24. The van der Waals surface area contributed by atoms with E-state index in [9.17, 15) is 13.2 Å². The van der Waals surface area contributed by atoms with Crippen molar-refractivity contribution in [1.29, 1.82) is 0 Å². The van der Waals surface area contributed by atoms with Crippen molar-refractivity contribution in [2.45, 2.75) is 38.0 Å². The SMILES string of the molecule is CNC1CCN(c2ccc(Br)c(C(F)(F)F)c2)C(C)C1. The molecule has 0 aliphatic carbocycles. The van der Waals surface area contributed by atoms with Crippen LogP contribution in [0.1, 0.15) is 25.3 Å². The first-order valence-electron chi connectivity index (χ1n) is 6.63. The summed E-state index contributed by atoms with van der Waals surface area (Å²) in [6.07, 6.45) is -2.45. The lowest BCUT2D eigenvalue weighted by molar-refractivity contribution is -0.138. The van der Waals surface area contributed by atoms with Crippen LogP contribution in [0.3, 0.4) is 0 Å². The minimum absolute atomic E-state index is 0.0894. The van der Waals surface area contributed by atoms with Gasteiger partial charge in [0.15, 0.2) is 0 Å². The van der Waals surface area contributed by atoms with E-state index in [-0.39, 0.29) is 10.5 Å². The van der Waals surface area contributed by atoms with Crippen LogP contribution in [0.4, 0.5) is 18.9 Å². The highest BCUT2D eigenvalue weighted by Crippen LogP contribution is 2.38. The molecule has 1 aromatic carbocycles. The third-order valence-electron chi connectivity index (χ3n) is 3.87. The number of nitrogens with one attached hydrogen (secondary N) is 1. The number of hydrogen-bond donors (Lipinski definition) is 1. The highest BCUT2D eigenvalue weighted by molar-refractivity contribution is 9.10. The van der Waals surface area contributed by atoms with Gasteiger partial charge in [0.05, 0.1) is 5.56 Å². The summed E-state index contributed by atoms with van der Waals surface area (Å²) in [4.78, 5) is 2.05. The Kier molecular flexibility index (Phi) is 4.64. The smallest absolute Gasteiger partial charge is 0.369 e. The lowest BCUT2D eigenvalue weighted by atomic mass is 9.97. The van der Waals surface area contributed by atoms with Crippen molar-refractivity contribution in [2.24, 2.45) is 0 Å². The summed E-state index contributed by atoms with van der Waals surface area (Å²) in [6.45, 7) is 2.82. The fraction of sp³-hybridized carbons (Fsp3) is 0.571. The fourth-order valence-electron chi connectivity index (χ4n) is 2.73. The van der Waals surface area contributed by atoms with Crippen molar-refractivity contribution in [2.75, 3.05) is 18.5 Å². The molecule has 0 spiro atoms. The summed E-state index contributed by atoms with van der Waals surface area (Å²) in [5.41, 5.74) is 0.0283. The van der Waals surface area contributed by atoms with Gasteiger partial charge in [-0.05, 0) is 45.0 Å². The monoisotopic (exact) mass is 350 g/mol. The number of benzene rings is 1. The molecule has 6 heteroatoms. The molecule has 1 saturated heterocycles. The lowest BCUT2D eigenvalue weighted by Crippen LogP contribution is -2.46. The maximum atomic E-state index is 13.0. The molecule has 1 fully saturated rings. The standard InChI is InChI=1S/C14H18BrF3N2/c1-9-7-10(19-2)5-6-20(9)11-3-4-13(15)12(8-11)14(16,17)18/h3-4,8-10,19H,5-7H2,1-2H3. The zero-order valence-corrected chi connectivity index (χ0v) is 13.1. The molecule has 2 nitrogen and oxygen atoms in total. The molecule has 2 rings (SSSR count). The van der Waals surface area contributed by atoms with Crippen LogP contribution in [-0.4, -0.2) is 25.7 Å². The largest absolute Gasteiger partial charge is 0.417 e. The Hall–Kier alpha value is -0.750. The molecule has 1 aliphatic rings. The van der Waals surface area contributed by atoms with Gasteiger partial charge in [0.25, 0.3) is 0 Å². The van der Waals surface area contributed by atoms with E-state index >= 15 is 0 Å². The van der Waals surface area contributed by atoms with Crippen LogP contribution in [-0.2, 0) is 6.18 Å². The van der Waals surface area contributed by atoms with Crippen LogP contribution in [0.5, 0.6) is 0 Å². The van der Waals surface area contributed by atoms with Crippen LogP contribution >= 0.6 is 15.9 Å². The van der Waals surface area contributed by atoms with Gasteiger partial charge >= 0.3 is 6.18 Å². The van der Waals surface area contributed by atoms with Crippen LogP contribution in [0.25, 0.3) is 0 Å². The molecule has 2 unspecified atom stereocenters. The predicted octanol–water partition coefficient (Wildman–Crippen LogP) is 4.04. The van der Waals surface area contributed by atoms with E-state index in [1.807, 2.05) is 7.05 Å². The Morgan fingerprint density at radius 3 is 2.60 bits per heavy atom. The van der Waals surface area contributed by atoms with E-state index in [1.54, 1.807) is 6.07 Å². The van der Waals surface area contributed by atoms with E-state index in [1.165, 1.54) is 12.1 Å². The van der Waals surface area contributed by atoms with Crippen molar-refractivity contribution >= 4 is 21.6 Å². The van der Waals surface area contributed by atoms with Gasteiger partial charge in [0.2, 0.25) is 0 Å². The number of hydrogen-bond acceptors (Lipinski definition) is 2. The molecule has 1 aromatic rings. The maximum absolute atomic E-state index is 13.0. The molecule has 1 aliphatic heterocycles. The van der Waals surface area contributed by atoms with Gasteiger partial charge in [-0.2, -0.15) is 13.2 Å². The van der Waals surface area contributed by atoms with E-state index < -0.39 is 11.7 Å². The number of alkyl halides is 3. The Morgan fingerprint density at radius 2 is 2.05 bits per heavy atom. The van der Waals surface area contributed by atoms with Crippen LogP contribution in [0.15, 0.2) is 22.7 Å². The molecule has 0 radical (unpaired) electrons. The molecule has 0 aromatic heterocycles. The first kappa shape index (κ1) is 15.6. The van der Waals surface area contributed by atoms with Gasteiger partial charge in [-0.25, -0.2) is 0 Å². The normalized spacial score (nSPS) is 24.0. The van der Waals surface area contributed by atoms with Gasteiger partial charge in [0.1, 0.15) is 0 Å². The third kappa shape index (κ3) is 3.28. The minimum atomic E-state index is -4.33. The number of anilines is 1. The average Bonchev–Trinajstić information content (AvgIpc) is 2.38. The second-order valence-corrected chi connectivity index (χ2v) is 6.07. The molecule has 0 saturated carbocycles. The zero-order valence-electron chi connectivity index (χ0n) is 11.5. The molecule has 1 N–H and O–H groups in total. The summed E-state index contributed by atoms with van der Waals surface area (Å²) < 4.78 is 38.9. The van der Waals surface area contributed by atoms with Crippen molar-refractivity contribution in [3.8, 4) is 0 Å². The Balaban J connectivity index is 2.26. The van der Waals surface area contributed by atoms with Crippen molar-refractivity contribution in [3.05, 3.63) is 28.2 Å². The predicted molar refractivity (Wildman–Crippen MR) is 78.0 cm³/mol. The topological polar surface area (TPSA) is 15.3 Å². The Bertz CT molecular complexity index is 476. The highest BCUT2D eigenvalue weighted by atomic mass is 79.9. The summed E-state index contributed by atoms with van der Waals surface area (Å²) in [6, 6.07) is 5.13. The first-order chi connectivity index (χ1) is 9.32. The average molecular weight is 351 g/mol. The van der Waals surface area contributed by atoms with Gasteiger partial charge in [0, 0.05) is 28.8 Å². The van der Waals surface area contributed by atoms with Crippen LogP contribution < -0.4 is 10.2 Å². The molecule has 0 amide bonds. The Labute approximate surface area is 125 Å². The van der Waals surface area contributed by atoms with Crippen LogP contribution in [0, 0.1) is 0 Å². The quantitative estimate of drug-likeness (QED) is 0.865. The fourth-order valence-corrected chi connectivity index (χ4v) is 3.20. The second kappa shape index (κ2) is 5.93. The van der Waals surface area contributed by atoms with E-state index in [0.717, 1.165) is 19.4 Å². The van der Waals surface area contributed by atoms with Gasteiger partial charge in [-0.3, -0.25) is 0 Å². The molecule has 112 valence electrons. The molecule has 1 heterocycles. The van der Waals surface area contributed by atoms with E-state index in [2.05, 4.69) is 33.1 Å². The van der Waals surface area contributed by atoms with Crippen molar-refractivity contribution < 1.29 is 13.2 Å². The van der Waals surface area contributed by atoms with Crippen LogP contribution in [0.2, 0.25) is 0 Å². The molecule has 0 bridgehead atoms. The minimum Gasteiger partial charge on any atom is -0.369 e. The van der Waals surface area contributed by atoms with E-state index in [0.29, 0.717) is 11.7 Å². The first-order valence-corrected chi connectivity index (χ1v) is 7.43. The number of halogens is 4. The number of rotatable bonds is 2. The van der Waals surface area contributed by atoms with E-state index in [4.69, 9.17) is 0 Å². The van der Waals surface area contributed by atoms with Crippen molar-refractivity contribution in [3.63, 3.8) is 0 Å². The Morgan fingerprint density at radius 1 is 1.35 bits per heavy atom. The molecular formula is C14H18BrF3N2. The summed E-state index contributed by atoms with van der Waals surface area (Å²) in [7, 11) is 1.93. The zero-order chi connectivity index (χ0) is 14.9. The number of nitrogens with zero attached hydrogens (tertiary/aromatic N) is 1. The molecule has 2 atom stereocenters. The number of piperidine rings is 1. The van der Waals surface area contributed by atoms with Crippen molar-refractivity contribution in [1.82, 2.24) is 5.32 Å². The highest BCUT2D eigenvalue weighted by Gasteiger charge is 2.34. The van der Waals surface area contributed by atoms with Gasteiger partial charge < -0.3 is 10.2 Å². The molecular weight excluding hydrogens is 333 g/mol. The van der Waals surface area contributed by atoms with Gasteiger partial charge in [-0.15, -0.1) is 0 Å². The lowest BCUT2D eigenvalue weighted by Gasteiger charge is -2.39. The van der Waals surface area contributed by atoms with Gasteiger partial charge in [-0.1, -0.05) is 15.9 Å².